The van der Waals surface area contributed by atoms with Crippen molar-refractivity contribution in [2.75, 3.05) is 12.4 Å². The zero-order chi connectivity index (χ0) is 19.3. The molecule has 1 aromatic heterocycles. The number of hydrogen-bond acceptors (Lipinski definition) is 6. The monoisotopic (exact) mass is 376 g/mol. The van der Waals surface area contributed by atoms with Crippen molar-refractivity contribution < 1.29 is 14.3 Å². The Labute approximate surface area is 157 Å². The number of amides is 2. The molecule has 0 spiro atoms. The number of nitrogens with zero attached hydrogens (tertiary/aromatic N) is 2. The lowest BCUT2D eigenvalue weighted by Gasteiger charge is -2.21. The summed E-state index contributed by atoms with van der Waals surface area (Å²) in [5, 5.41) is 14.7. The molecule has 2 amide bonds. The second-order valence-electron chi connectivity index (χ2n) is 6.52. The van der Waals surface area contributed by atoms with Crippen LogP contribution in [0.2, 0.25) is 0 Å². The fraction of sp³-hybridized carbons (Fsp3) is 0.444. The van der Waals surface area contributed by atoms with Crippen LogP contribution in [0.1, 0.15) is 27.7 Å². The topological polar surface area (TPSA) is 93.2 Å². The van der Waals surface area contributed by atoms with Crippen LogP contribution in [0.3, 0.4) is 0 Å². The summed E-state index contributed by atoms with van der Waals surface area (Å²) in [4.78, 5) is 24.5. The SMILES string of the molecule is COc1cccc(-c2nnc(NC(=O)[C@@H](NC(=O)C(C)C)C(C)C)s2)c1. The molecule has 0 fully saturated rings. The standard InChI is InChI=1S/C18H24N4O3S/c1-10(2)14(19-15(23)11(3)4)16(24)20-18-22-21-17(26-18)12-7-6-8-13(9-12)25-5/h6-11,14H,1-5H3,(H,19,23)(H,20,22,24)/t14-/m0/s1. The summed E-state index contributed by atoms with van der Waals surface area (Å²) >= 11 is 1.27. The third kappa shape index (κ3) is 5.01. The predicted octanol–water partition coefficient (Wildman–Crippen LogP) is 2.95. The van der Waals surface area contributed by atoms with Gasteiger partial charge in [-0.25, -0.2) is 0 Å². The zero-order valence-electron chi connectivity index (χ0n) is 15.6. The van der Waals surface area contributed by atoms with Crippen molar-refractivity contribution in [1.82, 2.24) is 15.5 Å². The maximum Gasteiger partial charge on any atom is 0.249 e. The normalized spacial score (nSPS) is 12.1. The van der Waals surface area contributed by atoms with Gasteiger partial charge in [0.05, 0.1) is 7.11 Å². The van der Waals surface area contributed by atoms with Crippen molar-refractivity contribution in [1.29, 1.82) is 0 Å². The Bertz CT molecular complexity index is 773. The van der Waals surface area contributed by atoms with E-state index in [9.17, 15) is 9.59 Å². The van der Waals surface area contributed by atoms with Gasteiger partial charge in [0.1, 0.15) is 16.8 Å². The first kappa shape index (κ1) is 19.8. The van der Waals surface area contributed by atoms with Gasteiger partial charge in [0.15, 0.2) is 0 Å². The summed E-state index contributed by atoms with van der Waals surface area (Å²) in [7, 11) is 1.60. The Balaban J connectivity index is 2.11. The van der Waals surface area contributed by atoms with Gasteiger partial charge in [0, 0.05) is 11.5 Å². The minimum absolute atomic E-state index is 0.0523. The van der Waals surface area contributed by atoms with E-state index in [-0.39, 0.29) is 23.7 Å². The molecule has 2 aromatic rings. The average Bonchev–Trinajstić information content (AvgIpc) is 3.07. The highest BCUT2D eigenvalue weighted by Gasteiger charge is 2.26. The number of ether oxygens (including phenoxy) is 1. The molecule has 0 aliphatic rings. The van der Waals surface area contributed by atoms with Gasteiger partial charge in [0.2, 0.25) is 16.9 Å². The van der Waals surface area contributed by atoms with E-state index in [2.05, 4.69) is 20.8 Å². The fourth-order valence-corrected chi connectivity index (χ4v) is 2.93. The Morgan fingerprint density at radius 3 is 2.46 bits per heavy atom. The smallest absolute Gasteiger partial charge is 0.249 e. The van der Waals surface area contributed by atoms with Crippen LogP contribution in [-0.2, 0) is 9.59 Å². The van der Waals surface area contributed by atoms with Crippen LogP contribution < -0.4 is 15.4 Å². The summed E-state index contributed by atoms with van der Waals surface area (Å²) in [6.45, 7) is 7.34. The number of nitrogens with one attached hydrogen (secondary N) is 2. The summed E-state index contributed by atoms with van der Waals surface area (Å²) in [6.07, 6.45) is 0. The summed E-state index contributed by atoms with van der Waals surface area (Å²) in [6, 6.07) is 6.83. The molecule has 1 heterocycles. The van der Waals surface area contributed by atoms with Crippen LogP contribution >= 0.6 is 11.3 Å². The molecule has 1 aromatic carbocycles. The van der Waals surface area contributed by atoms with E-state index in [1.54, 1.807) is 21.0 Å². The minimum atomic E-state index is -0.630. The van der Waals surface area contributed by atoms with Gasteiger partial charge in [-0.05, 0) is 18.1 Å². The summed E-state index contributed by atoms with van der Waals surface area (Å²) in [5.74, 6) is 0.0174. The molecule has 7 nitrogen and oxygen atoms in total. The average molecular weight is 376 g/mol. The second kappa shape index (κ2) is 8.75. The molecule has 0 aliphatic carbocycles. The van der Waals surface area contributed by atoms with Crippen molar-refractivity contribution in [3.05, 3.63) is 24.3 Å². The van der Waals surface area contributed by atoms with Crippen molar-refractivity contribution >= 4 is 28.3 Å². The number of hydrogen-bond donors (Lipinski definition) is 2. The first-order chi connectivity index (χ1) is 12.3. The predicted molar refractivity (Wildman–Crippen MR) is 102 cm³/mol. The third-order valence-corrected chi connectivity index (χ3v) is 4.63. The zero-order valence-corrected chi connectivity index (χ0v) is 16.4. The molecule has 1 atom stereocenters. The van der Waals surface area contributed by atoms with Gasteiger partial charge >= 0.3 is 0 Å². The maximum absolute atomic E-state index is 12.6. The Hall–Kier alpha value is -2.48. The van der Waals surface area contributed by atoms with E-state index in [4.69, 9.17) is 4.74 Å². The van der Waals surface area contributed by atoms with E-state index >= 15 is 0 Å². The highest BCUT2D eigenvalue weighted by atomic mass is 32.1. The van der Waals surface area contributed by atoms with Crippen molar-refractivity contribution in [3.63, 3.8) is 0 Å². The number of rotatable bonds is 7. The second-order valence-corrected chi connectivity index (χ2v) is 7.50. The van der Waals surface area contributed by atoms with E-state index in [0.717, 1.165) is 11.3 Å². The largest absolute Gasteiger partial charge is 0.497 e. The van der Waals surface area contributed by atoms with E-state index in [0.29, 0.717) is 10.1 Å². The molecule has 0 bridgehead atoms. The molecule has 0 aliphatic heterocycles. The summed E-state index contributed by atoms with van der Waals surface area (Å²) in [5.41, 5.74) is 0.857. The molecule has 0 saturated heterocycles. The fourth-order valence-electron chi connectivity index (χ4n) is 2.18. The van der Waals surface area contributed by atoms with Crippen LogP contribution in [0.4, 0.5) is 5.13 Å². The third-order valence-electron chi connectivity index (χ3n) is 3.74. The van der Waals surface area contributed by atoms with Crippen LogP contribution in [0.15, 0.2) is 24.3 Å². The highest BCUT2D eigenvalue weighted by Crippen LogP contribution is 2.28. The number of anilines is 1. The lowest BCUT2D eigenvalue weighted by Crippen LogP contribution is -2.48. The lowest BCUT2D eigenvalue weighted by atomic mass is 10.0. The van der Waals surface area contributed by atoms with Gasteiger partial charge in [-0.2, -0.15) is 0 Å². The lowest BCUT2D eigenvalue weighted by molar-refractivity contribution is -0.129. The molecule has 2 N–H and O–H groups in total. The Kier molecular flexibility index (Phi) is 6.68. The van der Waals surface area contributed by atoms with E-state index < -0.39 is 6.04 Å². The molecule has 0 saturated carbocycles. The van der Waals surface area contributed by atoms with E-state index in [1.807, 2.05) is 38.1 Å². The molecule has 140 valence electrons. The van der Waals surface area contributed by atoms with Crippen LogP contribution in [0.25, 0.3) is 10.6 Å². The molecule has 0 unspecified atom stereocenters. The van der Waals surface area contributed by atoms with Gasteiger partial charge in [0.25, 0.3) is 0 Å². The molecule has 26 heavy (non-hydrogen) atoms. The van der Waals surface area contributed by atoms with Gasteiger partial charge in [-0.15, -0.1) is 10.2 Å². The van der Waals surface area contributed by atoms with E-state index in [1.165, 1.54) is 11.3 Å². The van der Waals surface area contributed by atoms with Crippen LogP contribution in [-0.4, -0.2) is 35.2 Å². The molecule has 8 heteroatoms. The number of benzene rings is 1. The molecular formula is C18H24N4O3S. The van der Waals surface area contributed by atoms with Crippen LogP contribution in [0.5, 0.6) is 5.75 Å². The van der Waals surface area contributed by atoms with Gasteiger partial charge < -0.3 is 10.1 Å². The van der Waals surface area contributed by atoms with Crippen LogP contribution in [0, 0.1) is 11.8 Å². The van der Waals surface area contributed by atoms with Crippen molar-refractivity contribution in [3.8, 4) is 16.3 Å². The van der Waals surface area contributed by atoms with Gasteiger partial charge in [-0.1, -0.05) is 51.2 Å². The number of methoxy groups -OCH3 is 1. The quantitative estimate of drug-likeness (QED) is 0.775. The molecule has 2 rings (SSSR count). The Morgan fingerprint density at radius 2 is 1.85 bits per heavy atom. The maximum atomic E-state index is 12.6. The number of aromatic nitrogens is 2. The van der Waals surface area contributed by atoms with Gasteiger partial charge in [-0.3, -0.25) is 14.9 Å². The Morgan fingerprint density at radius 1 is 1.12 bits per heavy atom. The first-order valence-electron chi connectivity index (χ1n) is 8.41. The molecular weight excluding hydrogens is 352 g/mol. The van der Waals surface area contributed by atoms with Crippen molar-refractivity contribution in [2.45, 2.75) is 33.7 Å². The highest BCUT2D eigenvalue weighted by molar-refractivity contribution is 7.18. The number of carbonyl (C=O) groups excluding carboxylic acids is 2. The van der Waals surface area contributed by atoms with Crippen molar-refractivity contribution in [2.24, 2.45) is 11.8 Å². The first-order valence-corrected chi connectivity index (χ1v) is 9.22. The minimum Gasteiger partial charge on any atom is -0.497 e. The molecule has 0 radical (unpaired) electrons. The summed E-state index contributed by atoms with van der Waals surface area (Å²) < 4.78 is 5.21. The number of carbonyl (C=O) groups is 2.